The molecule has 0 fully saturated rings. The van der Waals surface area contributed by atoms with Crippen molar-refractivity contribution in [3.63, 3.8) is 0 Å². The van der Waals surface area contributed by atoms with Crippen LogP contribution in [0.1, 0.15) is 59.3 Å². The molecule has 0 heterocycles. The van der Waals surface area contributed by atoms with Gasteiger partial charge in [-0.15, -0.1) is 0 Å². The third kappa shape index (κ3) is 6.17. The van der Waals surface area contributed by atoms with Crippen LogP contribution in [0, 0.1) is 0 Å². The summed E-state index contributed by atoms with van der Waals surface area (Å²) in [6.45, 7) is 9.41. The zero-order chi connectivity index (χ0) is 16.2. The Morgan fingerprint density at radius 1 is 1.05 bits per heavy atom. The molecule has 1 unspecified atom stereocenters. The van der Waals surface area contributed by atoms with Crippen molar-refractivity contribution in [3.05, 3.63) is 29.5 Å². The van der Waals surface area contributed by atoms with Gasteiger partial charge in [0.05, 0.1) is 0 Å². The van der Waals surface area contributed by atoms with Gasteiger partial charge in [0.1, 0.15) is 0 Å². The first kappa shape index (κ1) is 18.7. The van der Waals surface area contributed by atoms with Gasteiger partial charge in [-0.1, -0.05) is 40.0 Å². The molecule has 0 spiro atoms. The topological polar surface area (TPSA) is 48.9 Å². The molecule has 4 nitrogen and oxygen atoms in total. The minimum absolute atomic E-state index is 0.234. The summed E-state index contributed by atoms with van der Waals surface area (Å²) < 4.78 is 5.87. The Balaban J connectivity index is 2.79. The lowest BCUT2D eigenvalue weighted by molar-refractivity contribution is -0.0230. The Bertz CT molecular complexity index is 414. The SMILES string of the molecule is CCCCOC1C=C(N(CCCC)CCCC)C=CC1=[N+]=[N-]. The van der Waals surface area contributed by atoms with Crippen LogP contribution in [0.5, 0.6) is 0 Å². The summed E-state index contributed by atoms with van der Waals surface area (Å²) in [5.41, 5.74) is 10.9. The molecule has 1 atom stereocenters. The van der Waals surface area contributed by atoms with Crippen LogP contribution in [0.25, 0.3) is 5.53 Å². The summed E-state index contributed by atoms with van der Waals surface area (Å²) in [7, 11) is 0. The summed E-state index contributed by atoms with van der Waals surface area (Å²) in [4.78, 5) is 5.79. The van der Waals surface area contributed by atoms with Crippen molar-refractivity contribution in [1.82, 2.24) is 4.90 Å². The van der Waals surface area contributed by atoms with Gasteiger partial charge in [-0.3, -0.25) is 0 Å². The molecule has 0 N–H and O–H groups in total. The maximum Gasteiger partial charge on any atom is 0.324 e. The number of nitrogens with zero attached hydrogens (tertiary/aromatic N) is 3. The summed E-state index contributed by atoms with van der Waals surface area (Å²) in [5.74, 6) is 0. The van der Waals surface area contributed by atoms with Crippen molar-refractivity contribution in [3.8, 4) is 0 Å². The smallest absolute Gasteiger partial charge is 0.324 e. The second-order valence-corrected chi connectivity index (χ2v) is 5.79. The van der Waals surface area contributed by atoms with Crippen molar-refractivity contribution in [2.75, 3.05) is 19.7 Å². The largest absolute Gasteiger partial charge is 0.372 e. The van der Waals surface area contributed by atoms with Gasteiger partial charge in [-0.2, -0.15) is 4.79 Å². The molecule has 0 aromatic heterocycles. The van der Waals surface area contributed by atoms with E-state index < -0.39 is 0 Å². The fourth-order valence-electron chi connectivity index (χ4n) is 2.42. The molecule has 124 valence electrons. The van der Waals surface area contributed by atoms with Crippen molar-refractivity contribution in [1.29, 1.82) is 0 Å². The van der Waals surface area contributed by atoms with Crippen LogP contribution in [0.4, 0.5) is 0 Å². The van der Waals surface area contributed by atoms with Gasteiger partial charge in [0.25, 0.3) is 0 Å². The normalized spacial score (nSPS) is 17.3. The molecule has 0 aromatic carbocycles. The molecule has 0 saturated carbocycles. The first-order valence-corrected chi connectivity index (χ1v) is 8.75. The number of rotatable bonds is 11. The summed E-state index contributed by atoms with van der Waals surface area (Å²) in [6.07, 6.45) is 12.7. The van der Waals surface area contributed by atoms with E-state index in [-0.39, 0.29) is 6.10 Å². The van der Waals surface area contributed by atoms with Crippen LogP contribution in [-0.2, 0) is 4.74 Å². The fourth-order valence-corrected chi connectivity index (χ4v) is 2.42. The predicted molar refractivity (Wildman–Crippen MR) is 91.9 cm³/mol. The van der Waals surface area contributed by atoms with Gasteiger partial charge in [0, 0.05) is 31.5 Å². The zero-order valence-electron chi connectivity index (χ0n) is 14.4. The van der Waals surface area contributed by atoms with Gasteiger partial charge in [0.15, 0.2) is 6.10 Å². The third-order valence-electron chi connectivity index (χ3n) is 3.88. The van der Waals surface area contributed by atoms with E-state index in [1.165, 1.54) is 31.4 Å². The second kappa shape index (κ2) is 11.2. The minimum Gasteiger partial charge on any atom is -0.372 e. The fraction of sp³-hybridized carbons (Fsp3) is 0.722. The molecule has 0 amide bonds. The van der Waals surface area contributed by atoms with E-state index in [0.717, 1.165) is 25.9 Å². The number of hydrogen-bond donors (Lipinski definition) is 0. The molecule has 0 aromatic rings. The van der Waals surface area contributed by atoms with Gasteiger partial charge in [0.2, 0.25) is 0 Å². The Morgan fingerprint density at radius 3 is 2.23 bits per heavy atom. The molecule has 1 aliphatic rings. The van der Waals surface area contributed by atoms with E-state index in [4.69, 9.17) is 10.3 Å². The molecule has 0 aliphatic heterocycles. The predicted octanol–water partition coefficient (Wildman–Crippen LogP) is 4.20. The van der Waals surface area contributed by atoms with Crippen LogP contribution in [0.3, 0.4) is 0 Å². The molecule has 22 heavy (non-hydrogen) atoms. The van der Waals surface area contributed by atoms with Gasteiger partial charge in [-0.25, -0.2) is 0 Å². The minimum atomic E-state index is -0.234. The average molecular weight is 305 g/mol. The first-order valence-electron chi connectivity index (χ1n) is 8.75. The standard InChI is InChI=1S/C18H31N3O/c1-4-7-12-21(13-8-5-2)16-10-11-17(20-19)18(15-16)22-14-9-6-3/h10-11,15,18H,4-9,12-14H2,1-3H3. The molecular formula is C18H31N3O. The van der Waals surface area contributed by atoms with Crippen LogP contribution in [0.15, 0.2) is 23.9 Å². The molecule has 0 saturated heterocycles. The molecular weight excluding hydrogens is 274 g/mol. The highest BCUT2D eigenvalue weighted by Crippen LogP contribution is 2.17. The van der Waals surface area contributed by atoms with Crippen LogP contribution in [-0.4, -0.2) is 41.2 Å². The second-order valence-electron chi connectivity index (χ2n) is 5.79. The van der Waals surface area contributed by atoms with Gasteiger partial charge >= 0.3 is 5.71 Å². The lowest BCUT2D eigenvalue weighted by Crippen LogP contribution is -2.31. The summed E-state index contributed by atoms with van der Waals surface area (Å²) in [6, 6.07) is 0. The van der Waals surface area contributed by atoms with Crippen molar-refractivity contribution in [2.45, 2.75) is 65.4 Å². The monoisotopic (exact) mass is 305 g/mol. The highest BCUT2D eigenvalue weighted by molar-refractivity contribution is 5.97. The van der Waals surface area contributed by atoms with Gasteiger partial charge in [-0.05, 0) is 31.4 Å². The van der Waals surface area contributed by atoms with Crippen molar-refractivity contribution < 1.29 is 9.53 Å². The lowest BCUT2D eigenvalue weighted by Gasteiger charge is -2.28. The molecule has 4 heteroatoms. The number of allylic oxidation sites excluding steroid dienone is 1. The van der Waals surface area contributed by atoms with Crippen LogP contribution >= 0.6 is 0 Å². The number of hydrogen-bond acceptors (Lipinski definition) is 2. The van der Waals surface area contributed by atoms with E-state index in [1.54, 1.807) is 0 Å². The lowest BCUT2D eigenvalue weighted by atomic mass is 10.1. The highest BCUT2D eigenvalue weighted by atomic mass is 16.5. The van der Waals surface area contributed by atoms with E-state index in [9.17, 15) is 0 Å². The number of unbranched alkanes of at least 4 members (excludes halogenated alkanes) is 3. The highest BCUT2D eigenvalue weighted by Gasteiger charge is 2.25. The van der Waals surface area contributed by atoms with E-state index >= 15 is 0 Å². The maximum absolute atomic E-state index is 9.14. The van der Waals surface area contributed by atoms with Crippen molar-refractivity contribution in [2.24, 2.45) is 0 Å². The summed E-state index contributed by atoms with van der Waals surface area (Å²) >= 11 is 0. The quantitative estimate of drug-likeness (QED) is 0.326. The third-order valence-corrected chi connectivity index (χ3v) is 3.88. The van der Waals surface area contributed by atoms with Gasteiger partial charge < -0.3 is 15.2 Å². The van der Waals surface area contributed by atoms with Crippen LogP contribution < -0.4 is 0 Å². The Kier molecular flexibility index (Phi) is 9.52. The molecule has 0 radical (unpaired) electrons. The Labute approximate surface area is 135 Å². The Hall–Kier alpha value is -1.38. The summed E-state index contributed by atoms with van der Waals surface area (Å²) in [5, 5.41) is 0. The molecule has 0 bridgehead atoms. The van der Waals surface area contributed by atoms with Crippen LogP contribution in [0.2, 0.25) is 0 Å². The first-order chi connectivity index (χ1) is 10.8. The maximum atomic E-state index is 9.14. The Morgan fingerprint density at radius 2 is 1.68 bits per heavy atom. The van der Waals surface area contributed by atoms with Crippen molar-refractivity contribution >= 4 is 5.71 Å². The van der Waals surface area contributed by atoms with E-state index in [2.05, 4.69) is 36.5 Å². The molecule has 1 aliphatic carbocycles. The molecule has 1 rings (SSSR count). The zero-order valence-corrected chi connectivity index (χ0v) is 14.4. The number of ether oxygens (including phenoxy) is 1. The van der Waals surface area contributed by atoms with E-state index in [1.807, 2.05) is 12.2 Å². The van der Waals surface area contributed by atoms with E-state index in [0.29, 0.717) is 12.3 Å². The average Bonchev–Trinajstić information content (AvgIpc) is 2.55.